The Balaban J connectivity index is 1.29. The number of amides is 1. The van der Waals surface area contributed by atoms with Gasteiger partial charge >= 0.3 is 0 Å². The molecule has 1 aromatic carbocycles. The first-order valence-corrected chi connectivity index (χ1v) is 10.6. The SMILES string of the molecule is O=C(CNC1C2CC3=CC(C2)CC31)N(c1ccccc1)C1CCCCC1. The fraction of sp³-hybridized carbons (Fsp3) is 0.609. The Hall–Kier alpha value is -1.61. The van der Waals surface area contributed by atoms with Crippen molar-refractivity contribution < 1.29 is 4.79 Å². The summed E-state index contributed by atoms with van der Waals surface area (Å²) in [6.45, 7) is 0.487. The quantitative estimate of drug-likeness (QED) is 0.803. The third-order valence-electron chi connectivity index (χ3n) is 7.26. The van der Waals surface area contributed by atoms with Crippen LogP contribution in [0.15, 0.2) is 42.0 Å². The highest BCUT2D eigenvalue weighted by Crippen LogP contribution is 2.54. The van der Waals surface area contributed by atoms with Gasteiger partial charge in [0.25, 0.3) is 0 Å². The molecule has 0 aliphatic heterocycles. The highest BCUT2D eigenvalue weighted by atomic mass is 16.2. The van der Waals surface area contributed by atoms with E-state index in [2.05, 4.69) is 28.4 Å². The first-order valence-electron chi connectivity index (χ1n) is 10.6. The van der Waals surface area contributed by atoms with Crippen molar-refractivity contribution in [2.45, 2.75) is 63.5 Å². The van der Waals surface area contributed by atoms with Crippen LogP contribution in [0.3, 0.4) is 0 Å². The summed E-state index contributed by atoms with van der Waals surface area (Å²) >= 11 is 0. The van der Waals surface area contributed by atoms with E-state index in [1.165, 1.54) is 38.5 Å². The molecule has 4 atom stereocenters. The van der Waals surface area contributed by atoms with Crippen LogP contribution in [0.1, 0.15) is 51.4 Å². The van der Waals surface area contributed by atoms with E-state index in [9.17, 15) is 4.79 Å². The van der Waals surface area contributed by atoms with E-state index in [0.29, 0.717) is 24.5 Å². The molecule has 0 heterocycles. The van der Waals surface area contributed by atoms with Crippen molar-refractivity contribution in [2.75, 3.05) is 11.4 Å². The van der Waals surface area contributed by atoms with Crippen molar-refractivity contribution in [3.05, 3.63) is 42.0 Å². The van der Waals surface area contributed by atoms with E-state index in [4.69, 9.17) is 0 Å². The lowest BCUT2D eigenvalue weighted by molar-refractivity contribution is -0.118. The van der Waals surface area contributed by atoms with Gasteiger partial charge in [0.15, 0.2) is 0 Å². The van der Waals surface area contributed by atoms with Crippen molar-refractivity contribution >= 4 is 11.6 Å². The molecule has 26 heavy (non-hydrogen) atoms. The van der Waals surface area contributed by atoms with E-state index in [-0.39, 0.29) is 5.91 Å². The summed E-state index contributed by atoms with van der Waals surface area (Å²) in [6, 6.07) is 11.2. The normalized spacial score (nSPS) is 32.7. The molecule has 3 saturated carbocycles. The number of nitrogens with zero attached hydrogens (tertiary/aromatic N) is 1. The number of carbonyl (C=O) groups excluding carboxylic acids is 1. The number of allylic oxidation sites excluding steroid dienone is 1. The van der Waals surface area contributed by atoms with Gasteiger partial charge in [-0.15, -0.1) is 0 Å². The summed E-state index contributed by atoms with van der Waals surface area (Å²) in [5.74, 6) is 2.58. The minimum absolute atomic E-state index is 0.259. The van der Waals surface area contributed by atoms with Crippen molar-refractivity contribution in [2.24, 2.45) is 17.8 Å². The summed E-state index contributed by atoms with van der Waals surface area (Å²) in [5.41, 5.74) is 2.76. The van der Waals surface area contributed by atoms with E-state index >= 15 is 0 Å². The van der Waals surface area contributed by atoms with Crippen LogP contribution in [-0.2, 0) is 4.79 Å². The largest absolute Gasteiger partial charge is 0.308 e. The number of hydrogen-bond acceptors (Lipinski definition) is 2. The predicted molar refractivity (Wildman–Crippen MR) is 105 cm³/mol. The fourth-order valence-electron chi connectivity index (χ4n) is 6.20. The Morgan fingerprint density at radius 3 is 2.65 bits per heavy atom. The first kappa shape index (κ1) is 16.6. The highest BCUT2D eigenvalue weighted by Gasteiger charge is 2.48. The molecule has 3 nitrogen and oxygen atoms in total. The molecule has 0 spiro atoms. The zero-order chi connectivity index (χ0) is 17.5. The molecule has 0 aromatic heterocycles. The van der Waals surface area contributed by atoms with Gasteiger partial charge in [-0.3, -0.25) is 4.79 Å². The molecule has 3 fully saturated rings. The van der Waals surface area contributed by atoms with E-state index in [0.717, 1.165) is 30.4 Å². The van der Waals surface area contributed by atoms with E-state index in [1.807, 2.05) is 18.2 Å². The molecule has 5 aliphatic carbocycles. The van der Waals surface area contributed by atoms with Crippen molar-refractivity contribution in [1.29, 1.82) is 0 Å². The van der Waals surface area contributed by atoms with Crippen LogP contribution < -0.4 is 10.2 Å². The Morgan fingerprint density at radius 2 is 1.88 bits per heavy atom. The second kappa shape index (κ2) is 6.84. The standard InChI is InChI=1S/C23H30N2O/c26-22(15-24-23-18-12-16-11-17(14-18)21(23)13-16)25(19-7-3-1-4-8-19)20-9-5-2-6-10-20/h1,3-4,7-8,11,16,18,20-21,23-24H,2,5-6,9-10,12-15H2. The fourth-order valence-corrected chi connectivity index (χ4v) is 6.20. The molecule has 4 bridgehead atoms. The second-order valence-electron chi connectivity index (χ2n) is 8.84. The molecule has 6 rings (SSSR count). The van der Waals surface area contributed by atoms with Crippen LogP contribution >= 0.6 is 0 Å². The average molecular weight is 351 g/mol. The number of anilines is 1. The van der Waals surface area contributed by atoms with Crippen LogP contribution in [0.5, 0.6) is 0 Å². The molecule has 0 saturated heterocycles. The monoisotopic (exact) mass is 350 g/mol. The Labute approximate surface area is 156 Å². The van der Waals surface area contributed by atoms with Gasteiger partial charge in [0.1, 0.15) is 0 Å². The van der Waals surface area contributed by atoms with Gasteiger partial charge in [0.05, 0.1) is 6.54 Å². The summed E-state index contributed by atoms with van der Waals surface area (Å²) in [6.07, 6.45) is 12.6. The minimum atomic E-state index is 0.259. The number of carbonyl (C=O) groups is 1. The zero-order valence-corrected chi connectivity index (χ0v) is 15.6. The lowest BCUT2D eigenvalue weighted by Crippen LogP contribution is -2.49. The maximum atomic E-state index is 13.3. The van der Waals surface area contributed by atoms with Gasteiger partial charge in [-0.1, -0.05) is 49.1 Å². The molecular formula is C23H30N2O. The summed E-state index contributed by atoms with van der Waals surface area (Å²) in [7, 11) is 0. The smallest absolute Gasteiger partial charge is 0.241 e. The van der Waals surface area contributed by atoms with Crippen LogP contribution in [0, 0.1) is 17.8 Å². The molecule has 1 N–H and O–H groups in total. The minimum Gasteiger partial charge on any atom is -0.308 e. The van der Waals surface area contributed by atoms with Gasteiger partial charge in [0.2, 0.25) is 5.91 Å². The maximum Gasteiger partial charge on any atom is 0.241 e. The summed E-state index contributed by atoms with van der Waals surface area (Å²) in [4.78, 5) is 15.4. The van der Waals surface area contributed by atoms with Crippen molar-refractivity contribution in [1.82, 2.24) is 5.32 Å². The maximum absolute atomic E-state index is 13.3. The van der Waals surface area contributed by atoms with Crippen LogP contribution in [0.4, 0.5) is 5.69 Å². The number of rotatable bonds is 5. The van der Waals surface area contributed by atoms with Gasteiger partial charge < -0.3 is 10.2 Å². The third kappa shape index (κ3) is 2.90. The molecule has 5 aliphatic rings. The van der Waals surface area contributed by atoms with Crippen LogP contribution in [-0.4, -0.2) is 24.5 Å². The van der Waals surface area contributed by atoms with E-state index in [1.54, 1.807) is 5.57 Å². The molecular weight excluding hydrogens is 320 g/mol. The van der Waals surface area contributed by atoms with Gasteiger partial charge in [-0.05, 0) is 62.0 Å². The van der Waals surface area contributed by atoms with Gasteiger partial charge in [-0.25, -0.2) is 0 Å². The predicted octanol–water partition coefficient (Wildman–Crippen LogP) is 4.30. The molecule has 138 valence electrons. The molecule has 0 radical (unpaired) electrons. The van der Waals surface area contributed by atoms with Crippen LogP contribution in [0.2, 0.25) is 0 Å². The van der Waals surface area contributed by atoms with Gasteiger partial charge in [-0.2, -0.15) is 0 Å². The number of hydrogen-bond donors (Lipinski definition) is 1. The lowest BCUT2D eigenvalue weighted by Gasteiger charge is -2.36. The summed E-state index contributed by atoms with van der Waals surface area (Å²) in [5, 5.41) is 3.70. The molecule has 4 unspecified atom stereocenters. The Kier molecular flexibility index (Phi) is 4.36. The van der Waals surface area contributed by atoms with Crippen molar-refractivity contribution in [3.8, 4) is 0 Å². The molecule has 3 heteroatoms. The average Bonchev–Trinajstić information content (AvgIpc) is 3.09. The first-order chi connectivity index (χ1) is 12.8. The number of nitrogens with one attached hydrogen (secondary N) is 1. The molecule has 1 aromatic rings. The number of benzene rings is 1. The third-order valence-corrected chi connectivity index (χ3v) is 7.26. The van der Waals surface area contributed by atoms with E-state index < -0.39 is 0 Å². The zero-order valence-electron chi connectivity index (χ0n) is 15.6. The Morgan fingerprint density at radius 1 is 1.08 bits per heavy atom. The van der Waals surface area contributed by atoms with Crippen molar-refractivity contribution in [3.63, 3.8) is 0 Å². The van der Waals surface area contributed by atoms with Crippen LogP contribution in [0.25, 0.3) is 0 Å². The summed E-state index contributed by atoms with van der Waals surface area (Å²) < 4.78 is 0. The lowest BCUT2D eigenvalue weighted by atomic mass is 9.80. The topological polar surface area (TPSA) is 32.3 Å². The van der Waals surface area contributed by atoms with Gasteiger partial charge in [0, 0.05) is 17.8 Å². The second-order valence-corrected chi connectivity index (χ2v) is 8.84. The highest BCUT2D eigenvalue weighted by molar-refractivity contribution is 5.95. The Bertz CT molecular complexity index is 691. The number of para-hydroxylation sites is 1. The molecule has 1 amide bonds.